The Labute approximate surface area is 142 Å². The Morgan fingerprint density at radius 3 is 2.84 bits per heavy atom. The first-order valence-corrected chi connectivity index (χ1v) is 7.52. The first-order valence-electron chi connectivity index (χ1n) is 7.52. The number of nitro groups is 1. The number of non-ortho nitro benzene ring substituents is 1. The summed E-state index contributed by atoms with van der Waals surface area (Å²) >= 11 is 0. The van der Waals surface area contributed by atoms with E-state index >= 15 is 0 Å². The number of carbonyl (C=O) groups excluding carboxylic acids is 3. The van der Waals surface area contributed by atoms with Crippen molar-refractivity contribution in [3.63, 3.8) is 0 Å². The monoisotopic (exact) mass is 351 g/mol. The molecule has 1 aliphatic rings. The molecule has 0 spiro atoms. The van der Waals surface area contributed by atoms with Crippen LogP contribution in [0.4, 0.5) is 11.4 Å². The number of fused-ring (bicyclic) bond motifs is 1. The molecule has 0 bridgehead atoms. The minimum absolute atomic E-state index is 0.105. The van der Waals surface area contributed by atoms with Crippen LogP contribution in [-0.4, -0.2) is 48.5 Å². The smallest absolute Gasteiger partial charge is 0.326 e. The second-order valence-electron chi connectivity index (χ2n) is 5.20. The van der Waals surface area contributed by atoms with Crippen LogP contribution in [0.1, 0.15) is 13.8 Å². The van der Waals surface area contributed by atoms with E-state index in [1.165, 1.54) is 19.1 Å². The van der Waals surface area contributed by atoms with E-state index < -0.39 is 35.4 Å². The number of nitrogens with zero attached hydrogens (tertiary/aromatic N) is 2. The van der Waals surface area contributed by atoms with E-state index in [1.807, 2.05) is 0 Å². The van der Waals surface area contributed by atoms with Gasteiger partial charge < -0.3 is 14.8 Å². The van der Waals surface area contributed by atoms with Crippen molar-refractivity contribution >= 4 is 29.2 Å². The van der Waals surface area contributed by atoms with E-state index in [0.29, 0.717) is 6.54 Å². The van der Waals surface area contributed by atoms with Crippen molar-refractivity contribution in [2.75, 3.05) is 24.6 Å². The molecule has 1 N–H and O–H groups in total. The first-order chi connectivity index (χ1) is 11.8. The van der Waals surface area contributed by atoms with E-state index in [0.717, 1.165) is 11.0 Å². The van der Waals surface area contributed by atoms with E-state index in [9.17, 15) is 24.5 Å². The van der Waals surface area contributed by atoms with Gasteiger partial charge in [-0.05, 0) is 19.9 Å². The Kier molecular flexibility index (Phi) is 5.52. The Morgan fingerprint density at radius 2 is 2.20 bits per heavy atom. The van der Waals surface area contributed by atoms with Gasteiger partial charge in [0.25, 0.3) is 17.5 Å². The van der Waals surface area contributed by atoms with Crippen molar-refractivity contribution in [2.45, 2.75) is 20.0 Å². The molecule has 10 nitrogen and oxygen atoms in total. The number of amides is 2. The van der Waals surface area contributed by atoms with E-state index in [-0.39, 0.29) is 23.7 Å². The van der Waals surface area contributed by atoms with Gasteiger partial charge in [-0.3, -0.25) is 29.4 Å². The van der Waals surface area contributed by atoms with E-state index in [4.69, 9.17) is 9.47 Å². The molecule has 1 aromatic carbocycles. The van der Waals surface area contributed by atoms with Gasteiger partial charge in [0.15, 0.2) is 12.7 Å². The number of hydrogen-bond acceptors (Lipinski definition) is 7. The Morgan fingerprint density at radius 1 is 1.48 bits per heavy atom. The number of benzene rings is 1. The Balaban J connectivity index is 2.15. The van der Waals surface area contributed by atoms with E-state index in [1.54, 1.807) is 6.92 Å². The SMILES string of the molecule is CCNC(=O)[C@H](C)OC(=O)CN1C(=O)COc2ccc([N+](=O)[O-])cc21. The third-order valence-electron chi connectivity index (χ3n) is 3.41. The van der Waals surface area contributed by atoms with Crippen molar-refractivity contribution in [1.29, 1.82) is 0 Å². The van der Waals surface area contributed by atoms with Crippen LogP contribution >= 0.6 is 0 Å². The van der Waals surface area contributed by atoms with Gasteiger partial charge >= 0.3 is 5.97 Å². The fourth-order valence-corrected chi connectivity index (χ4v) is 2.21. The summed E-state index contributed by atoms with van der Waals surface area (Å²) < 4.78 is 10.2. The number of esters is 1. The minimum atomic E-state index is -1.02. The number of nitro benzene ring substituents is 1. The number of rotatable bonds is 6. The zero-order valence-corrected chi connectivity index (χ0v) is 13.7. The predicted octanol–water partition coefficient (Wildman–Crippen LogP) is 0.388. The van der Waals surface area contributed by atoms with Crippen LogP contribution in [0.3, 0.4) is 0 Å². The highest BCUT2D eigenvalue weighted by molar-refractivity contribution is 6.01. The van der Waals surface area contributed by atoms with Gasteiger partial charge in [0.2, 0.25) is 0 Å². The summed E-state index contributed by atoms with van der Waals surface area (Å²) in [6.07, 6.45) is -1.02. The second kappa shape index (κ2) is 7.60. The summed E-state index contributed by atoms with van der Waals surface area (Å²) in [5, 5.41) is 13.4. The van der Waals surface area contributed by atoms with Crippen molar-refractivity contribution in [1.82, 2.24) is 5.32 Å². The average molecular weight is 351 g/mol. The molecule has 1 aliphatic heterocycles. The number of hydrogen-bond donors (Lipinski definition) is 1. The highest BCUT2D eigenvalue weighted by Crippen LogP contribution is 2.35. The summed E-state index contributed by atoms with van der Waals surface area (Å²) in [7, 11) is 0. The van der Waals surface area contributed by atoms with Crippen LogP contribution in [0.15, 0.2) is 18.2 Å². The fraction of sp³-hybridized carbons (Fsp3) is 0.400. The summed E-state index contributed by atoms with van der Waals surface area (Å²) in [5.74, 6) is -1.57. The normalized spacial score (nSPS) is 14.2. The molecular weight excluding hydrogens is 334 g/mol. The molecule has 0 fully saturated rings. The zero-order chi connectivity index (χ0) is 18.6. The minimum Gasteiger partial charge on any atom is -0.482 e. The fourth-order valence-electron chi connectivity index (χ4n) is 2.21. The van der Waals surface area contributed by atoms with Gasteiger partial charge in [0, 0.05) is 18.7 Å². The molecule has 2 rings (SSSR count). The highest BCUT2D eigenvalue weighted by Gasteiger charge is 2.30. The molecule has 1 aromatic rings. The van der Waals surface area contributed by atoms with Crippen molar-refractivity contribution in [3.05, 3.63) is 28.3 Å². The molecule has 2 amide bonds. The molecule has 0 aromatic heterocycles. The van der Waals surface area contributed by atoms with Gasteiger partial charge in [-0.15, -0.1) is 0 Å². The van der Waals surface area contributed by atoms with Crippen molar-refractivity contribution < 1.29 is 28.8 Å². The lowest BCUT2D eigenvalue weighted by Crippen LogP contribution is -2.44. The Bertz CT molecular complexity index is 719. The van der Waals surface area contributed by atoms with Crippen LogP contribution < -0.4 is 15.0 Å². The number of nitrogens with one attached hydrogen (secondary N) is 1. The van der Waals surface area contributed by atoms with Crippen LogP contribution in [-0.2, 0) is 19.1 Å². The van der Waals surface area contributed by atoms with Crippen LogP contribution in [0.2, 0.25) is 0 Å². The number of anilines is 1. The summed E-state index contributed by atoms with van der Waals surface area (Å²) in [6, 6.07) is 3.74. The molecule has 0 unspecified atom stereocenters. The topological polar surface area (TPSA) is 128 Å². The lowest BCUT2D eigenvalue weighted by molar-refractivity contribution is -0.384. The number of ether oxygens (including phenoxy) is 2. The first kappa shape index (κ1) is 18.2. The third kappa shape index (κ3) is 4.22. The molecule has 0 aliphatic carbocycles. The van der Waals surface area contributed by atoms with Gasteiger partial charge in [-0.2, -0.15) is 0 Å². The molecule has 1 atom stereocenters. The molecule has 0 radical (unpaired) electrons. The molecule has 0 saturated carbocycles. The summed E-state index contributed by atoms with van der Waals surface area (Å²) in [4.78, 5) is 47.0. The number of carbonyl (C=O) groups is 3. The Hall–Kier alpha value is -3.17. The van der Waals surface area contributed by atoms with Gasteiger partial charge in [-0.1, -0.05) is 0 Å². The standard InChI is InChI=1S/C15H17N3O7/c1-3-16-15(21)9(2)25-14(20)7-17-11-6-10(18(22)23)4-5-12(11)24-8-13(17)19/h4-6,9H,3,7-8H2,1-2H3,(H,16,21)/t9-/m0/s1. The lowest BCUT2D eigenvalue weighted by atomic mass is 10.2. The highest BCUT2D eigenvalue weighted by atomic mass is 16.6. The van der Waals surface area contributed by atoms with Crippen molar-refractivity contribution in [3.8, 4) is 5.75 Å². The molecule has 0 saturated heterocycles. The van der Waals surface area contributed by atoms with Crippen LogP contribution in [0, 0.1) is 10.1 Å². The van der Waals surface area contributed by atoms with Gasteiger partial charge in [-0.25, -0.2) is 0 Å². The third-order valence-corrected chi connectivity index (χ3v) is 3.41. The summed E-state index contributed by atoms with van der Waals surface area (Å²) in [6.45, 7) is 2.73. The number of likely N-dealkylation sites (N-methyl/N-ethyl adjacent to an activating group) is 1. The predicted molar refractivity (Wildman–Crippen MR) is 85.2 cm³/mol. The molecule has 1 heterocycles. The average Bonchev–Trinajstić information content (AvgIpc) is 2.57. The maximum Gasteiger partial charge on any atom is 0.326 e. The van der Waals surface area contributed by atoms with Gasteiger partial charge in [0.1, 0.15) is 12.3 Å². The molecule has 134 valence electrons. The van der Waals surface area contributed by atoms with Crippen LogP contribution in [0.5, 0.6) is 5.75 Å². The summed E-state index contributed by atoms with van der Waals surface area (Å²) in [5.41, 5.74) is -0.140. The second-order valence-corrected chi connectivity index (χ2v) is 5.20. The maximum absolute atomic E-state index is 12.0. The lowest BCUT2D eigenvalue weighted by Gasteiger charge is -2.28. The van der Waals surface area contributed by atoms with Crippen molar-refractivity contribution in [2.24, 2.45) is 0 Å². The van der Waals surface area contributed by atoms with E-state index in [2.05, 4.69) is 5.32 Å². The van der Waals surface area contributed by atoms with Gasteiger partial charge in [0.05, 0.1) is 10.6 Å². The molecule has 10 heteroatoms. The zero-order valence-electron chi connectivity index (χ0n) is 13.7. The van der Waals surface area contributed by atoms with Crippen LogP contribution in [0.25, 0.3) is 0 Å². The quantitative estimate of drug-likeness (QED) is 0.446. The maximum atomic E-state index is 12.0. The molecular formula is C15H17N3O7. The molecule has 25 heavy (non-hydrogen) atoms. The largest absolute Gasteiger partial charge is 0.482 e.